The number of rotatable bonds is 9. The van der Waals surface area contributed by atoms with Gasteiger partial charge in [-0.05, 0) is 31.0 Å². The molecule has 0 bridgehead atoms. The van der Waals surface area contributed by atoms with Crippen LogP contribution in [0.4, 0.5) is 4.39 Å². The van der Waals surface area contributed by atoms with E-state index < -0.39 is 6.04 Å². The van der Waals surface area contributed by atoms with Crippen LogP contribution in [-0.2, 0) is 16.1 Å². The van der Waals surface area contributed by atoms with E-state index in [9.17, 15) is 14.0 Å². The minimum atomic E-state index is -0.692. The molecule has 0 unspecified atom stereocenters. The molecule has 2 aromatic rings. The third-order valence-corrected chi connectivity index (χ3v) is 5.25. The first kappa shape index (κ1) is 22.0. The molecule has 0 spiro atoms. The summed E-state index contributed by atoms with van der Waals surface area (Å²) in [5, 5.41) is 2.86. The number of nitrogens with one attached hydrogen (secondary N) is 1. The summed E-state index contributed by atoms with van der Waals surface area (Å²) in [5.41, 5.74) is 0.393. The lowest BCUT2D eigenvalue weighted by atomic mass is 10.1. The number of hydrogen-bond donors (Lipinski definition) is 1. The highest BCUT2D eigenvalue weighted by atomic mass is 32.2. The molecule has 2 aromatic carbocycles. The Balaban J connectivity index is 2.13. The minimum absolute atomic E-state index is 0.0527. The van der Waals surface area contributed by atoms with Crippen LogP contribution >= 0.6 is 11.8 Å². The number of carbonyl (C=O) groups excluding carboxylic acids is 2. The molecule has 2 rings (SSSR count). The molecule has 0 radical (unpaired) electrons. The van der Waals surface area contributed by atoms with Gasteiger partial charge < -0.3 is 10.2 Å². The molecule has 2 amide bonds. The van der Waals surface area contributed by atoms with Crippen molar-refractivity contribution in [2.24, 2.45) is 5.92 Å². The Labute approximate surface area is 170 Å². The van der Waals surface area contributed by atoms with Crippen molar-refractivity contribution in [3.8, 4) is 0 Å². The molecule has 1 atom stereocenters. The Morgan fingerprint density at radius 3 is 2.32 bits per heavy atom. The van der Waals surface area contributed by atoms with Gasteiger partial charge in [0.1, 0.15) is 11.9 Å². The van der Waals surface area contributed by atoms with Gasteiger partial charge in [-0.25, -0.2) is 4.39 Å². The topological polar surface area (TPSA) is 49.4 Å². The van der Waals surface area contributed by atoms with Crippen LogP contribution < -0.4 is 5.32 Å². The molecular weight excluding hydrogens is 375 g/mol. The predicted octanol–water partition coefficient (Wildman–Crippen LogP) is 4.11. The fourth-order valence-corrected chi connectivity index (χ4v) is 3.40. The van der Waals surface area contributed by atoms with Crippen molar-refractivity contribution >= 4 is 23.6 Å². The van der Waals surface area contributed by atoms with Crippen molar-refractivity contribution < 1.29 is 14.0 Å². The Bertz CT molecular complexity index is 783. The second-order valence-corrected chi connectivity index (χ2v) is 8.08. The summed E-state index contributed by atoms with van der Waals surface area (Å²) in [6.45, 7) is 6.27. The van der Waals surface area contributed by atoms with Gasteiger partial charge in [0.05, 0.1) is 5.75 Å². The van der Waals surface area contributed by atoms with E-state index in [0.717, 1.165) is 4.90 Å². The van der Waals surface area contributed by atoms with Gasteiger partial charge in [0.2, 0.25) is 11.8 Å². The molecule has 6 heteroatoms. The summed E-state index contributed by atoms with van der Waals surface area (Å²) in [6.07, 6.45) is 0. The van der Waals surface area contributed by atoms with Gasteiger partial charge in [-0.2, -0.15) is 0 Å². The Morgan fingerprint density at radius 2 is 1.68 bits per heavy atom. The van der Waals surface area contributed by atoms with Gasteiger partial charge >= 0.3 is 0 Å². The highest BCUT2D eigenvalue weighted by Crippen LogP contribution is 2.20. The van der Waals surface area contributed by atoms with Crippen LogP contribution in [0, 0.1) is 11.7 Å². The number of hydrogen-bond acceptors (Lipinski definition) is 3. The minimum Gasteiger partial charge on any atom is -0.354 e. The molecule has 0 aliphatic heterocycles. The van der Waals surface area contributed by atoms with Crippen molar-refractivity contribution in [3.63, 3.8) is 0 Å². The Kier molecular flexibility index (Phi) is 8.51. The molecule has 28 heavy (non-hydrogen) atoms. The lowest BCUT2D eigenvalue weighted by Crippen LogP contribution is -2.48. The monoisotopic (exact) mass is 402 g/mol. The largest absolute Gasteiger partial charge is 0.354 e. The van der Waals surface area contributed by atoms with Crippen LogP contribution in [0.25, 0.3) is 0 Å². The molecule has 1 N–H and O–H groups in total. The second-order valence-electron chi connectivity index (χ2n) is 7.03. The summed E-state index contributed by atoms with van der Waals surface area (Å²) < 4.78 is 14.1. The molecule has 150 valence electrons. The van der Waals surface area contributed by atoms with E-state index in [4.69, 9.17) is 0 Å². The highest BCUT2D eigenvalue weighted by Gasteiger charge is 2.26. The average Bonchev–Trinajstić information content (AvgIpc) is 2.69. The Morgan fingerprint density at radius 1 is 1.04 bits per heavy atom. The number of thioether (sulfide) groups is 1. The Hall–Kier alpha value is -2.34. The molecule has 0 aliphatic rings. The molecule has 0 aromatic heterocycles. The maximum Gasteiger partial charge on any atom is 0.242 e. The molecule has 4 nitrogen and oxygen atoms in total. The zero-order chi connectivity index (χ0) is 20.5. The van der Waals surface area contributed by atoms with Crippen LogP contribution in [0.1, 0.15) is 26.3 Å². The first-order valence-electron chi connectivity index (χ1n) is 9.37. The standard InChI is InChI=1S/C22H27FN2O2S/c1-16(2)13-24-22(27)17(3)25(14-18-9-7-8-12-20(18)23)21(26)15-28-19-10-5-4-6-11-19/h4-12,16-17H,13-15H2,1-3H3,(H,24,27)/t17-/m0/s1. The van der Waals surface area contributed by atoms with E-state index >= 15 is 0 Å². The molecule has 0 heterocycles. The summed E-state index contributed by atoms with van der Waals surface area (Å²) >= 11 is 1.40. The SMILES string of the molecule is CC(C)CNC(=O)[C@H](C)N(Cc1ccccc1F)C(=O)CSc1ccccc1. The molecular formula is C22H27FN2O2S. The van der Waals surface area contributed by atoms with Gasteiger partial charge in [0.15, 0.2) is 0 Å². The van der Waals surface area contributed by atoms with E-state index in [2.05, 4.69) is 5.32 Å². The van der Waals surface area contributed by atoms with E-state index in [1.807, 2.05) is 44.2 Å². The summed E-state index contributed by atoms with van der Waals surface area (Å²) in [6, 6.07) is 15.2. The average molecular weight is 403 g/mol. The molecule has 0 aliphatic carbocycles. The van der Waals surface area contributed by atoms with E-state index in [1.165, 1.54) is 22.7 Å². The van der Waals surface area contributed by atoms with Crippen LogP contribution in [0.15, 0.2) is 59.5 Å². The van der Waals surface area contributed by atoms with Crippen LogP contribution in [0.2, 0.25) is 0 Å². The number of halogens is 1. The first-order chi connectivity index (χ1) is 13.4. The highest BCUT2D eigenvalue weighted by molar-refractivity contribution is 8.00. The van der Waals surface area contributed by atoms with Crippen molar-refractivity contribution in [1.82, 2.24) is 10.2 Å². The summed E-state index contributed by atoms with van der Waals surface area (Å²) in [4.78, 5) is 27.9. The number of carbonyl (C=O) groups is 2. The van der Waals surface area contributed by atoms with E-state index in [0.29, 0.717) is 18.0 Å². The lowest BCUT2D eigenvalue weighted by Gasteiger charge is -2.29. The number of benzene rings is 2. The van der Waals surface area contributed by atoms with E-state index in [1.54, 1.807) is 25.1 Å². The quantitative estimate of drug-likeness (QED) is 0.642. The normalized spacial score (nSPS) is 11.9. The molecule has 0 fully saturated rings. The number of nitrogens with zero attached hydrogens (tertiary/aromatic N) is 1. The fraction of sp³-hybridized carbons (Fsp3) is 0.364. The zero-order valence-corrected chi connectivity index (χ0v) is 17.3. The zero-order valence-electron chi connectivity index (χ0n) is 16.5. The van der Waals surface area contributed by atoms with Crippen molar-refractivity contribution in [1.29, 1.82) is 0 Å². The lowest BCUT2D eigenvalue weighted by molar-refractivity contribution is -0.138. The fourth-order valence-electron chi connectivity index (χ4n) is 2.59. The van der Waals surface area contributed by atoms with Gasteiger partial charge in [0, 0.05) is 23.5 Å². The van der Waals surface area contributed by atoms with E-state index in [-0.39, 0.29) is 29.9 Å². The molecule has 0 saturated carbocycles. The molecule has 0 saturated heterocycles. The van der Waals surface area contributed by atoms with Gasteiger partial charge in [0.25, 0.3) is 0 Å². The maximum atomic E-state index is 14.1. The van der Waals surface area contributed by atoms with Crippen LogP contribution in [0.3, 0.4) is 0 Å². The third-order valence-electron chi connectivity index (χ3n) is 4.26. The number of amides is 2. The van der Waals surface area contributed by atoms with Crippen LogP contribution in [-0.4, -0.2) is 35.1 Å². The van der Waals surface area contributed by atoms with Gasteiger partial charge in [-0.3, -0.25) is 9.59 Å². The van der Waals surface area contributed by atoms with Crippen molar-refractivity contribution in [3.05, 3.63) is 66.0 Å². The first-order valence-corrected chi connectivity index (χ1v) is 10.4. The van der Waals surface area contributed by atoms with Crippen molar-refractivity contribution in [2.45, 2.75) is 38.3 Å². The van der Waals surface area contributed by atoms with Gasteiger partial charge in [-0.1, -0.05) is 50.2 Å². The van der Waals surface area contributed by atoms with Crippen LogP contribution in [0.5, 0.6) is 0 Å². The predicted molar refractivity (Wildman–Crippen MR) is 111 cm³/mol. The summed E-state index contributed by atoms with van der Waals surface area (Å²) in [7, 11) is 0. The summed E-state index contributed by atoms with van der Waals surface area (Å²) in [5.74, 6) is -0.334. The third kappa shape index (κ3) is 6.68. The van der Waals surface area contributed by atoms with Gasteiger partial charge in [-0.15, -0.1) is 11.8 Å². The maximum absolute atomic E-state index is 14.1. The smallest absolute Gasteiger partial charge is 0.242 e. The van der Waals surface area contributed by atoms with Crippen molar-refractivity contribution in [2.75, 3.05) is 12.3 Å². The second kappa shape index (κ2) is 10.9.